The van der Waals surface area contributed by atoms with Gasteiger partial charge in [-0.05, 0) is 38.8 Å². The lowest BCUT2D eigenvalue weighted by molar-refractivity contribution is 0.225. The van der Waals surface area contributed by atoms with E-state index in [-0.39, 0.29) is 5.54 Å². The summed E-state index contributed by atoms with van der Waals surface area (Å²) in [5.74, 6) is 0.785. The van der Waals surface area contributed by atoms with E-state index >= 15 is 0 Å². The van der Waals surface area contributed by atoms with E-state index in [9.17, 15) is 0 Å². The van der Waals surface area contributed by atoms with Gasteiger partial charge in [0, 0.05) is 12.1 Å². The van der Waals surface area contributed by atoms with E-state index in [2.05, 4.69) is 39.6 Å². The van der Waals surface area contributed by atoms with Crippen molar-refractivity contribution in [1.82, 2.24) is 4.90 Å². The SMILES string of the molecule is CCC(N)(CC)CN(C)CCC(C)C. The van der Waals surface area contributed by atoms with Crippen molar-refractivity contribution in [1.29, 1.82) is 0 Å². The zero-order valence-corrected chi connectivity index (χ0v) is 10.6. The number of hydrogen-bond donors (Lipinski definition) is 1. The largest absolute Gasteiger partial charge is 0.324 e. The van der Waals surface area contributed by atoms with E-state index in [1.54, 1.807) is 0 Å². The quantitative estimate of drug-likeness (QED) is 0.684. The topological polar surface area (TPSA) is 29.3 Å². The predicted molar refractivity (Wildman–Crippen MR) is 64.5 cm³/mol. The van der Waals surface area contributed by atoms with Crippen molar-refractivity contribution < 1.29 is 0 Å². The summed E-state index contributed by atoms with van der Waals surface area (Å²) < 4.78 is 0. The van der Waals surface area contributed by atoms with Crippen LogP contribution in [0.1, 0.15) is 47.0 Å². The molecule has 0 spiro atoms. The molecule has 2 nitrogen and oxygen atoms in total. The molecule has 0 fully saturated rings. The Morgan fingerprint density at radius 3 is 2.07 bits per heavy atom. The fourth-order valence-electron chi connectivity index (χ4n) is 1.57. The number of nitrogens with zero attached hydrogens (tertiary/aromatic N) is 1. The normalized spacial score (nSPS) is 12.9. The van der Waals surface area contributed by atoms with E-state index in [0.29, 0.717) is 0 Å². The summed E-state index contributed by atoms with van der Waals surface area (Å²) in [6, 6.07) is 0. The summed E-state index contributed by atoms with van der Waals surface area (Å²) in [5, 5.41) is 0. The molecule has 0 aromatic heterocycles. The van der Waals surface area contributed by atoms with Crippen LogP contribution in [0.2, 0.25) is 0 Å². The standard InChI is InChI=1S/C12H28N2/c1-6-12(13,7-2)10-14(5)9-8-11(3)4/h11H,6-10,13H2,1-5H3. The molecule has 0 aliphatic rings. The first-order valence-corrected chi connectivity index (χ1v) is 5.91. The third-order valence-corrected chi connectivity index (χ3v) is 3.08. The molecule has 0 rings (SSSR count). The van der Waals surface area contributed by atoms with Gasteiger partial charge in [0.25, 0.3) is 0 Å². The van der Waals surface area contributed by atoms with Crippen molar-refractivity contribution in [3.8, 4) is 0 Å². The highest BCUT2D eigenvalue weighted by atomic mass is 15.1. The number of nitrogens with two attached hydrogens (primary N) is 1. The summed E-state index contributed by atoms with van der Waals surface area (Å²) in [6.45, 7) is 11.1. The second kappa shape index (κ2) is 6.41. The first kappa shape index (κ1) is 13.9. The molecule has 0 amide bonds. The van der Waals surface area contributed by atoms with Crippen LogP contribution in [0.15, 0.2) is 0 Å². The molecule has 0 aliphatic heterocycles. The van der Waals surface area contributed by atoms with E-state index in [1.807, 2.05) is 0 Å². The van der Waals surface area contributed by atoms with E-state index in [4.69, 9.17) is 5.73 Å². The summed E-state index contributed by atoms with van der Waals surface area (Å²) in [5.41, 5.74) is 6.28. The molecule has 0 unspecified atom stereocenters. The molecule has 0 aliphatic carbocycles. The van der Waals surface area contributed by atoms with Crippen molar-refractivity contribution in [2.75, 3.05) is 20.1 Å². The summed E-state index contributed by atoms with van der Waals surface area (Å²) in [6.07, 6.45) is 3.39. The van der Waals surface area contributed by atoms with Crippen molar-refractivity contribution in [2.24, 2.45) is 11.7 Å². The van der Waals surface area contributed by atoms with E-state index in [0.717, 1.165) is 31.8 Å². The first-order chi connectivity index (χ1) is 6.43. The molecule has 0 heterocycles. The lowest BCUT2D eigenvalue weighted by Gasteiger charge is -2.32. The molecular formula is C12H28N2. The average molecular weight is 200 g/mol. The Labute approximate surface area is 89.9 Å². The van der Waals surface area contributed by atoms with Crippen LogP contribution in [0.5, 0.6) is 0 Å². The summed E-state index contributed by atoms with van der Waals surface area (Å²) in [4.78, 5) is 2.37. The lowest BCUT2D eigenvalue weighted by atomic mass is 9.93. The Hall–Kier alpha value is -0.0800. The Balaban J connectivity index is 3.85. The van der Waals surface area contributed by atoms with Gasteiger partial charge in [-0.25, -0.2) is 0 Å². The molecule has 0 atom stereocenters. The molecular weight excluding hydrogens is 172 g/mol. The molecule has 2 N–H and O–H groups in total. The van der Waals surface area contributed by atoms with Gasteiger partial charge in [-0.2, -0.15) is 0 Å². The second-order valence-electron chi connectivity index (χ2n) is 4.99. The zero-order valence-electron chi connectivity index (χ0n) is 10.6. The molecule has 0 bridgehead atoms. The van der Waals surface area contributed by atoms with Gasteiger partial charge in [-0.1, -0.05) is 27.7 Å². The molecule has 0 aromatic rings. The van der Waals surface area contributed by atoms with Crippen LogP contribution in [0.25, 0.3) is 0 Å². The fraction of sp³-hybridized carbons (Fsp3) is 1.00. The number of hydrogen-bond acceptors (Lipinski definition) is 2. The van der Waals surface area contributed by atoms with Crippen molar-refractivity contribution >= 4 is 0 Å². The molecule has 0 saturated carbocycles. The molecule has 2 heteroatoms. The molecule has 0 saturated heterocycles. The van der Waals surface area contributed by atoms with Crippen LogP contribution in [-0.4, -0.2) is 30.6 Å². The summed E-state index contributed by atoms with van der Waals surface area (Å²) >= 11 is 0. The maximum absolute atomic E-state index is 6.26. The van der Waals surface area contributed by atoms with E-state index in [1.165, 1.54) is 6.42 Å². The van der Waals surface area contributed by atoms with Gasteiger partial charge in [0.1, 0.15) is 0 Å². The predicted octanol–water partition coefficient (Wildman–Crippen LogP) is 2.48. The van der Waals surface area contributed by atoms with Gasteiger partial charge in [0.2, 0.25) is 0 Å². The third kappa shape index (κ3) is 5.61. The number of likely N-dealkylation sites (N-methyl/N-ethyl adjacent to an activating group) is 1. The highest BCUT2D eigenvalue weighted by molar-refractivity contribution is 4.83. The maximum Gasteiger partial charge on any atom is 0.0278 e. The van der Waals surface area contributed by atoms with Gasteiger partial charge in [0.05, 0.1) is 0 Å². The highest BCUT2D eigenvalue weighted by Gasteiger charge is 2.21. The minimum Gasteiger partial charge on any atom is -0.324 e. The van der Waals surface area contributed by atoms with Crippen LogP contribution in [-0.2, 0) is 0 Å². The molecule has 0 aromatic carbocycles. The lowest BCUT2D eigenvalue weighted by Crippen LogP contribution is -2.48. The fourth-order valence-corrected chi connectivity index (χ4v) is 1.57. The monoisotopic (exact) mass is 200 g/mol. The second-order valence-corrected chi connectivity index (χ2v) is 4.99. The number of rotatable bonds is 7. The molecule has 14 heavy (non-hydrogen) atoms. The van der Waals surface area contributed by atoms with Gasteiger partial charge < -0.3 is 10.6 Å². The zero-order chi connectivity index (χ0) is 11.2. The van der Waals surface area contributed by atoms with Crippen molar-refractivity contribution in [3.63, 3.8) is 0 Å². The minimum atomic E-state index is 0.0196. The van der Waals surface area contributed by atoms with Gasteiger partial charge >= 0.3 is 0 Å². The van der Waals surface area contributed by atoms with Gasteiger partial charge in [-0.15, -0.1) is 0 Å². The van der Waals surface area contributed by atoms with Crippen LogP contribution < -0.4 is 5.73 Å². The molecule has 86 valence electrons. The van der Waals surface area contributed by atoms with Crippen molar-refractivity contribution in [2.45, 2.75) is 52.5 Å². The average Bonchev–Trinajstić information content (AvgIpc) is 2.14. The highest BCUT2D eigenvalue weighted by Crippen LogP contribution is 2.13. The van der Waals surface area contributed by atoms with Crippen LogP contribution in [0.4, 0.5) is 0 Å². The smallest absolute Gasteiger partial charge is 0.0278 e. The Kier molecular flexibility index (Phi) is 6.38. The minimum absolute atomic E-state index is 0.0196. The Morgan fingerprint density at radius 2 is 1.71 bits per heavy atom. The third-order valence-electron chi connectivity index (χ3n) is 3.08. The van der Waals surface area contributed by atoms with Crippen LogP contribution in [0, 0.1) is 5.92 Å². The van der Waals surface area contributed by atoms with Crippen LogP contribution >= 0.6 is 0 Å². The Morgan fingerprint density at radius 1 is 1.21 bits per heavy atom. The van der Waals surface area contributed by atoms with Crippen LogP contribution in [0.3, 0.4) is 0 Å². The summed E-state index contributed by atoms with van der Waals surface area (Å²) in [7, 11) is 2.18. The van der Waals surface area contributed by atoms with Gasteiger partial charge in [-0.3, -0.25) is 0 Å². The van der Waals surface area contributed by atoms with E-state index < -0.39 is 0 Å². The maximum atomic E-state index is 6.26. The Bertz CT molecular complexity index is 139. The molecule has 0 radical (unpaired) electrons. The first-order valence-electron chi connectivity index (χ1n) is 5.91. The van der Waals surface area contributed by atoms with Gasteiger partial charge in [0.15, 0.2) is 0 Å². The van der Waals surface area contributed by atoms with Crippen molar-refractivity contribution in [3.05, 3.63) is 0 Å².